The van der Waals surface area contributed by atoms with Gasteiger partial charge in [-0.15, -0.1) is 6.58 Å². The van der Waals surface area contributed by atoms with Crippen LogP contribution in [0.4, 0.5) is 0 Å². The zero-order chi connectivity index (χ0) is 9.40. The van der Waals surface area contributed by atoms with Crippen LogP contribution < -0.4 is 0 Å². The summed E-state index contributed by atoms with van der Waals surface area (Å²) in [6, 6.07) is 8.52. The van der Waals surface area contributed by atoms with E-state index in [1.807, 2.05) is 19.9 Å². The van der Waals surface area contributed by atoms with Gasteiger partial charge in [-0.05, 0) is 18.9 Å². The Bertz CT molecular complexity index is 206. The van der Waals surface area contributed by atoms with Crippen molar-refractivity contribution in [3.05, 3.63) is 48.0 Å². The summed E-state index contributed by atoms with van der Waals surface area (Å²) < 4.78 is 0. The van der Waals surface area contributed by atoms with Crippen molar-refractivity contribution in [1.29, 1.82) is 0 Å². The third-order valence-electron chi connectivity index (χ3n) is 1.50. The summed E-state index contributed by atoms with van der Waals surface area (Å²) in [5, 5.41) is 0. The van der Waals surface area contributed by atoms with Crippen LogP contribution in [0.2, 0.25) is 0 Å². The van der Waals surface area contributed by atoms with Crippen molar-refractivity contribution in [2.45, 2.75) is 34.6 Å². The average Bonchev–Trinajstić information content (AvgIpc) is 2.13. The van der Waals surface area contributed by atoms with Gasteiger partial charge in [0.05, 0.1) is 0 Å². The van der Waals surface area contributed by atoms with Crippen LogP contribution in [0, 0.1) is 6.92 Å². The summed E-state index contributed by atoms with van der Waals surface area (Å²) in [7, 11) is 0. The molecule has 0 amide bonds. The van der Waals surface area contributed by atoms with Crippen molar-refractivity contribution < 1.29 is 0 Å². The van der Waals surface area contributed by atoms with Gasteiger partial charge in [0.25, 0.3) is 0 Å². The second kappa shape index (κ2) is 9.05. The van der Waals surface area contributed by atoms with Gasteiger partial charge < -0.3 is 0 Å². The monoisotopic (exact) mass is 178 g/mol. The van der Waals surface area contributed by atoms with Crippen LogP contribution in [0.3, 0.4) is 0 Å². The Morgan fingerprint density at radius 2 is 1.62 bits per heavy atom. The topological polar surface area (TPSA) is 0 Å². The number of rotatable bonds is 2. The fourth-order valence-corrected chi connectivity index (χ4v) is 0.891. The van der Waals surface area contributed by atoms with Crippen LogP contribution in [0.1, 0.15) is 32.4 Å². The van der Waals surface area contributed by atoms with Crippen LogP contribution in [0.15, 0.2) is 36.9 Å². The molecule has 0 radical (unpaired) electrons. The molecule has 74 valence electrons. The van der Waals surface area contributed by atoms with Crippen LogP contribution in [0.5, 0.6) is 0 Å². The number of aryl methyl sites for hydroxylation is 1. The first-order chi connectivity index (χ1) is 5.83. The minimum absolute atomic E-state index is 0. The quantitative estimate of drug-likeness (QED) is 0.589. The Kier molecular flexibility index (Phi) is 10.1. The SMILES string of the molecule is C.C=CCc1ccc(C)cc1.CC. The number of allylic oxidation sites excluding steroid dienone is 1. The lowest BCUT2D eigenvalue weighted by atomic mass is 10.1. The van der Waals surface area contributed by atoms with Crippen molar-refractivity contribution in [3.63, 3.8) is 0 Å². The van der Waals surface area contributed by atoms with Gasteiger partial charge in [0.15, 0.2) is 0 Å². The van der Waals surface area contributed by atoms with Crippen LogP contribution in [-0.4, -0.2) is 0 Å². The predicted molar refractivity (Wildman–Crippen MR) is 63.2 cm³/mol. The summed E-state index contributed by atoms with van der Waals surface area (Å²) in [6.07, 6.45) is 2.89. The lowest BCUT2D eigenvalue weighted by molar-refractivity contribution is 1.26. The molecule has 0 aliphatic carbocycles. The third-order valence-corrected chi connectivity index (χ3v) is 1.50. The maximum Gasteiger partial charge on any atom is -0.0100 e. The zero-order valence-electron chi connectivity index (χ0n) is 8.30. The van der Waals surface area contributed by atoms with Gasteiger partial charge in [-0.3, -0.25) is 0 Å². The van der Waals surface area contributed by atoms with Crippen LogP contribution in [-0.2, 0) is 6.42 Å². The van der Waals surface area contributed by atoms with Crippen LogP contribution >= 0.6 is 0 Å². The van der Waals surface area contributed by atoms with E-state index in [0.29, 0.717) is 0 Å². The molecule has 1 aromatic carbocycles. The van der Waals surface area contributed by atoms with E-state index in [0.717, 1.165) is 6.42 Å². The van der Waals surface area contributed by atoms with Gasteiger partial charge in [0.2, 0.25) is 0 Å². The first-order valence-electron chi connectivity index (χ1n) is 4.49. The van der Waals surface area contributed by atoms with Crippen LogP contribution in [0.25, 0.3) is 0 Å². The molecular weight excluding hydrogens is 156 g/mol. The highest BCUT2D eigenvalue weighted by Crippen LogP contribution is 2.03. The molecule has 0 unspecified atom stereocenters. The van der Waals surface area contributed by atoms with Crippen molar-refractivity contribution in [1.82, 2.24) is 0 Å². The normalized spacial score (nSPS) is 7.62. The van der Waals surface area contributed by atoms with E-state index < -0.39 is 0 Å². The van der Waals surface area contributed by atoms with Gasteiger partial charge in [-0.1, -0.05) is 57.2 Å². The fourth-order valence-electron chi connectivity index (χ4n) is 0.891. The molecule has 0 aliphatic heterocycles. The first-order valence-corrected chi connectivity index (χ1v) is 4.49. The molecule has 1 aromatic rings. The van der Waals surface area contributed by atoms with Crippen molar-refractivity contribution in [2.24, 2.45) is 0 Å². The molecule has 0 atom stereocenters. The highest BCUT2D eigenvalue weighted by atomic mass is 13.9. The molecule has 1 rings (SSSR count). The summed E-state index contributed by atoms with van der Waals surface area (Å²) in [5.41, 5.74) is 2.65. The second-order valence-electron chi connectivity index (χ2n) is 2.48. The predicted octanol–water partition coefficient (Wildman–Crippen LogP) is 4.39. The van der Waals surface area contributed by atoms with Crippen molar-refractivity contribution in [2.75, 3.05) is 0 Å². The maximum absolute atomic E-state index is 3.68. The second-order valence-corrected chi connectivity index (χ2v) is 2.48. The molecule has 0 bridgehead atoms. The standard InChI is InChI=1S/C10H12.C2H6.CH4/c1-3-4-10-7-5-9(2)6-8-10;1-2;/h3,5-8H,1,4H2,2H3;1-2H3;1H4. The molecule has 0 aliphatic rings. The Balaban J connectivity index is 0. The molecule has 0 aromatic heterocycles. The Morgan fingerprint density at radius 1 is 1.15 bits per heavy atom. The molecule has 0 spiro atoms. The van der Waals surface area contributed by atoms with Crippen molar-refractivity contribution >= 4 is 0 Å². The molecule has 0 saturated heterocycles. The summed E-state index contributed by atoms with van der Waals surface area (Å²) in [6.45, 7) is 9.77. The highest BCUT2D eigenvalue weighted by Gasteiger charge is 1.86. The lowest BCUT2D eigenvalue weighted by Crippen LogP contribution is -1.79. The molecule has 0 heterocycles. The van der Waals surface area contributed by atoms with Gasteiger partial charge in [-0.2, -0.15) is 0 Å². The Morgan fingerprint density at radius 3 is 2.00 bits per heavy atom. The van der Waals surface area contributed by atoms with Gasteiger partial charge in [0.1, 0.15) is 0 Å². The molecule has 13 heavy (non-hydrogen) atoms. The minimum atomic E-state index is 0. The van der Waals surface area contributed by atoms with E-state index >= 15 is 0 Å². The number of hydrogen-bond acceptors (Lipinski definition) is 0. The van der Waals surface area contributed by atoms with E-state index in [1.54, 1.807) is 0 Å². The van der Waals surface area contributed by atoms with Gasteiger partial charge in [0, 0.05) is 0 Å². The maximum atomic E-state index is 3.68. The van der Waals surface area contributed by atoms with Gasteiger partial charge >= 0.3 is 0 Å². The highest BCUT2D eigenvalue weighted by molar-refractivity contribution is 5.22. The molecule has 0 heteroatoms. The third kappa shape index (κ3) is 6.15. The zero-order valence-corrected chi connectivity index (χ0v) is 8.30. The van der Waals surface area contributed by atoms with E-state index in [-0.39, 0.29) is 7.43 Å². The smallest absolute Gasteiger partial charge is 0.0100 e. The summed E-state index contributed by atoms with van der Waals surface area (Å²) in [5.74, 6) is 0. The van der Waals surface area contributed by atoms with E-state index in [1.165, 1.54) is 11.1 Å². The fraction of sp³-hybridized carbons (Fsp3) is 0.385. The lowest BCUT2D eigenvalue weighted by Gasteiger charge is -1.95. The molecule has 0 saturated carbocycles. The minimum Gasteiger partial charge on any atom is -0.103 e. The first kappa shape index (κ1) is 14.5. The average molecular weight is 178 g/mol. The molecule has 0 fully saturated rings. The summed E-state index contributed by atoms with van der Waals surface area (Å²) >= 11 is 0. The molecule has 0 nitrogen and oxygen atoms in total. The Hall–Kier alpha value is -1.04. The number of hydrogen-bond donors (Lipinski definition) is 0. The largest absolute Gasteiger partial charge is 0.103 e. The number of benzene rings is 1. The summed E-state index contributed by atoms with van der Waals surface area (Å²) in [4.78, 5) is 0. The van der Waals surface area contributed by atoms with Gasteiger partial charge in [-0.25, -0.2) is 0 Å². The molecule has 0 N–H and O–H groups in total. The van der Waals surface area contributed by atoms with Crippen molar-refractivity contribution in [3.8, 4) is 0 Å². The van der Waals surface area contributed by atoms with E-state index in [4.69, 9.17) is 0 Å². The molecular formula is C13H22. The Labute approximate surface area is 83.3 Å². The van der Waals surface area contributed by atoms with E-state index in [9.17, 15) is 0 Å². The van der Waals surface area contributed by atoms with E-state index in [2.05, 4.69) is 37.8 Å².